The molecule has 2 rings (SSSR count). The van der Waals surface area contributed by atoms with Crippen LogP contribution < -0.4 is 5.32 Å². The van der Waals surface area contributed by atoms with Gasteiger partial charge in [-0.05, 0) is 5.56 Å². The molecule has 0 aliphatic carbocycles. The number of carbonyl (C=O) groups is 1. The van der Waals surface area contributed by atoms with E-state index < -0.39 is 18.3 Å². The summed E-state index contributed by atoms with van der Waals surface area (Å²) in [5.74, 6) is -0.252. The smallest absolute Gasteiger partial charge is 0.217 e. The van der Waals surface area contributed by atoms with Crippen molar-refractivity contribution in [3.63, 3.8) is 0 Å². The molecule has 0 aromatic heterocycles. The molecule has 5 heteroatoms. The molecular formula is C14H19FN2O2. The van der Waals surface area contributed by atoms with Crippen molar-refractivity contribution in [1.82, 2.24) is 10.2 Å². The zero-order chi connectivity index (χ0) is 13.8. The highest BCUT2D eigenvalue weighted by Gasteiger charge is 2.36. The van der Waals surface area contributed by atoms with Crippen LogP contribution in [0.15, 0.2) is 30.3 Å². The van der Waals surface area contributed by atoms with Crippen molar-refractivity contribution in [3.05, 3.63) is 35.9 Å². The maximum absolute atomic E-state index is 13.8. The number of nitrogens with zero attached hydrogens (tertiary/aromatic N) is 1. The second-order valence-electron chi connectivity index (χ2n) is 4.99. The number of carbonyl (C=O) groups excluding carboxylic acids is 1. The number of hydrogen-bond donors (Lipinski definition) is 2. The van der Waals surface area contributed by atoms with Crippen LogP contribution in [0.1, 0.15) is 12.5 Å². The predicted molar refractivity (Wildman–Crippen MR) is 70.2 cm³/mol. The van der Waals surface area contributed by atoms with Crippen LogP contribution in [0.4, 0.5) is 4.39 Å². The number of rotatable bonds is 3. The third-order valence-electron chi connectivity index (χ3n) is 3.31. The largest absolute Gasteiger partial charge is 0.388 e. The zero-order valence-electron chi connectivity index (χ0n) is 10.9. The lowest BCUT2D eigenvalue weighted by molar-refractivity contribution is -0.122. The Morgan fingerprint density at radius 2 is 2.11 bits per heavy atom. The maximum atomic E-state index is 13.8. The number of nitrogens with one attached hydrogen (secondary N) is 1. The van der Waals surface area contributed by atoms with Gasteiger partial charge in [0.15, 0.2) is 0 Å². The Kier molecular flexibility index (Phi) is 4.50. The standard InChI is InChI=1S/C14H19FN2O2/c1-10(18)16-13-9-17(8-12(15)14(13)19)7-11-5-3-2-4-6-11/h2-6,12-14,19H,7-9H2,1H3,(H,16,18). The number of alkyl halides is 1. The lowest BCUT2D eigenvalue weighted by Gasteiger charge is -2.38. The molecular weight excluding hydrogens is 247 g/mol. The van der Waals surface area contributed by atoms with Gasteiger partial charge in [0.1, 0.15) is 12.3 Å². The molecule has 0 bridgehead atoms. The van der Waals surface area contributed by atoms with E-state index in [9.17, 15) is 14.3 Å². The minimum atomic E-state index is -1.34. The normalized spacial score (nSPS) is 28.1. The number of halogens is 1. The Labute approximate surface area is 112 Å². The number of amides is 1. The van der Waals surface area contributed by atoms with Crippen molar-refractivity contribution in [2.45, 2.75) is 31.8 Å². The molecule has 1 amide bonds. The summed E-state index contributed by atoms with van der Waals surface area (Å²) < 4.78 is 13.8. The van der Waals surface area contributed by atoms with Crippen LogP contribution in [0.2, 0.25) is 0 Å². The Morgan fingerprint density at radius 1 is 1.42 bits per heavy atom. The van der Waals surface area contributed by atoms with Crippen molar-refractivity contribution in [2.75, 3.05) is 13.1 Å². The first kappa shape index (κ1) is 14.0. The number of aliphatic hydroxyl groups excluding tert-OH is 1. The Bertz CT molecular complexity index is 427. The van der Waals surface area contributed by atoms with E-state index in [0.717, 1.165) is 5.56 Å². The molecule has 19 heavy (non-hydrogen) atoms. The fourth-order valence-corrected chi connectivity index (χ4v) is 2.43. The summed E-state index contributed by atoms with van der Waals surface area (Å²) in [7, 11) is 0. The van der Waals surface area contributed by atoms with Gasteiger partial charge in [0.05, 0.1) is 6.04 Å². The van der Waals surface area contributed by atoms with Gasteiger partial charge in [-0.3, -0.25) is 9.69 Å². The first-order valence-corrected chi connectivity index (χ1v) is 6.42. The highest BCUT2D eigenvalue weighted by Crippen LogP contribution is 2.17. The molecule has 3 atom stereocenters. The van der Waals surface area contributed by atoms with Crippen molar-refractivity contribution in [3.8, 4) is 0 Å². The quantitative estimate of drug-likeness (QED) is 0.847. The number of likely N-dealkylation sites (tertiary alicyclic amines) is 1. The number of hydrogen-bond acceptors (Lipinski definition) is 3. The Morgan fingerprint density at radius 3 is 2.74 bits per heavy atom. The van der Waals surface area contributed by atoms with E-state index in [1.165, 1.54) is 6.92 Å². The average molecular weight is 266 g/mol. The lowest BCUT2D eigenvalue weighted by Crippen LogP contribution is -2.59. The molecule has 1 aromatic carbocycles. The summed E-state index contributed by atoms with van der Waals surface area (Å²) in [6.07, 6.45) is -2.47. The van der Waals surface area contributed by atoms with Gasteiger partial charge in [0, 0.05) is 26.6 Å². The first-order chi connectivity index (χ1) is 9.06. The molecule has 0 spiro atoms. The number of piperidine rings is 1. The van der Waals surface area contributed by atoms with E-state index in [2.05, 4.69) is 5.32 Å². The summed E-state index contributed by atoms with van der Waals surface area (Å²) >= 11 is 0. The minimum absolute atomic E-state index is 0.187. The van der Waals surface area contributed by atoms with Crippen LogP contribution in [0.5, 0.6) is 0 Å². The van der Waals surface area contributed by atoms with Crippen LogP contribution in [-0.4, -0.2) is 47.3 Å². The summed E-state index contributed by atoms with van der Waals surface area (Å²) in [5.41, 5.74) is 1.09. The first-order valence-electron chi connectivity index (χ1n) is 6.42. The van der Waals surface area contributed by atoms with Gasteiger partial charge in [0.2, 0.25) is 5.91 Å². The molecule has 104 valence electrons. The van der Waals surface area contributed by atoms with Crippen LogP contribution in [0.3, 0.4) is 0 Å². The topological polar surface area (TPSA) is 52.6 Å². The third kappa shape index (κ3) is 3.75. The van der Waals surface area contributed by atoms with E-state index in [1.54, 1.807) is 0 Å². The maximum Gasteiger partial charge on any atom is 0.217 e. The molecule has 1 aromatic rings. The fourth-order valence-electron chi connectivity index (χ4n) is 2.43. The van der Waals surface area contributed by atoms with Crippen LogP contribution in [0, 0.1) is 0 Å². The molecule has 1 aliphatic rings. The summed E-state index contributed by atoms with van der Waals surface area (Å²) in [5, 5.41) is 12.4. The summed E-state index contributed by atoms with van der Waals surface area (Å²) in [6, 6.07) is 9.21. The second kappa shape index (κ2) is 6.12. The van der Waals surface area contributed by atoms with Gasteiger partial charge in [-0.1, -0.05) is 30.3 Å². The van der Waals surface area contributed by atoms with Crippen LogP contribution in [0.25, 0.3) is 0 Å². The third-order valence-corrected chi connectivity index (χ3v) is 3.31. The van der Waals surface area contributed by atoms with E-state index >= 15 is 0 Å². The van der Waals surface area contributed by atoms with Crippen molar-refractivity contribution >= 4 is 5.91 Å². The average Bonchev–Trinajstić information content (AvgIpc) is 2.36. The van der Waals surface area contributed by atoms with Crippen LogP contribution in [-0.2, 0) is 11.3 Å². The number of aliphatic hydroxyl groups is 1. The Hall–Kier alpha value is -1.46. The SMILES string of the molecule is CC(=O)NC1CN(Cc2ccccc2)CC(F)C1O. The van der Waals surface area contributed by atoms with Crippen molar-refractivity contribution in [1.29, 1.82) is 0 Å². The molecule has 1 fully saturated rings. The minimum Gasteiger partial charge on any atom is -0.388 e. The highest BCUT2D eigenvalue weighted by atomic mass is 19.1. The molecule has 1 saturated heterocycles. The highest BCUT2D eigenvalue weighted by molar-refractivity contribution is 5.73. The molecule has 2 N–H and O–H groups in total. The van der Waals surface area contributed by atoms with E-state index in [0.29, 0.717) is 13.1 Å². The van der Waals surface area contributed by atoms with Crippen molar-refractivity contribution < 1.29 is 14.3 Å². The zero-order valence-corrected chi connectivity index (χ0v) is 10.9. The monoisotopic (exact) mass is 266 g/mol. The Balaban J connectivity index is 2.00. The van der Waals surface area contributed by atoms with Gasteiger partial charge in [-0.2, -0.15) is 0 Å². The molecule has 3 unspecified atom stereocenters. The lowest BCUT2D eigenvalue weighted by atomic mass is 9.99. The van der Waals surface area contributed by atoms with E-state index in [4.69, 9.17) is 0 Å². The van der Waals surface area contributed by atoms with Gasteiger partial charge in [-0.25, -0.2) is 4.39 Å². The van der Waals surface area contributed by atoms with Gasteiger partial charge < -0.3 is 10.4 Å². The summed E-state index contributed by atoms with van der Waals surface area (Å²) in [6.45, 7) is 2.63. The fraction of sp³-hybridized carbons (Fsp3) is 0.500. The molecule has 1 heterocycles. The molecule has 4 nitrogen and oxygen atoms in total. The van der Waals surface area contributed by atoms with E-state index in [-0.39, 0.29) is 12.5 Å². The molecule has 0 radical (unpaired) electrons. The van der Waals surface area contributed by atoms with Crippen LogP contribution >= 0.6 is 0 Å². The van der Waals surface area contributed by atoms with Crippen molar-refractivity contribution in [2.24, 2.45) is 0 Å². The molecule has 1 aliphatic heterocycles. The summed E-state index contributed by atoms with van der Waals surface area (Å²) in [4.78, 5) is 13.0. The van der Waals surface area contributed by atoms with Gasteiger partial charge >= 0.3 is 0 Å². The van der Waals surface area contributed by atoms with Gasteiger partial charge in [0.25, 0.3) is 0 Å². The van der Waals surface area contributed by atoms with E-state index in [1.807, 2.05) is 35.2 Å². The van der Waals surface area contributed by atoms with Gasteiger partial charge in [-0.15, -0.1) is 0 Å². The molecule has 0 saturated carbocycles. The predicted octanol–water partition coefficient (Wildman–Crippen LogP) is 0.706. The second-order valence-corrected chi connectivity index (χ2v) is 4.99. The number of benzene rings is 1.